The average molecular weight is 408 g/mol. The van der Waals surface area contributed by atoms with Crippen LogP contribution in [-0.4, -0.2) is 41.5 Å². The van der Waals surface area contributed by atoms with Gasteiger partial charge in [0.1, 0.15) is 10.0 Å². The Balaban J connectivity index is 1.66. The molecule has 27 heavy (non-hydrogen) atoms. The molecule has 0 radical (unpaired) electrons. The number of nitrogens with zero attached hydrogens (tertiary/aromatic N) is 4. The molecule has 1 N–H and O–H groups in total. The summed E-state index contributed by atoms with van der Waals surface area (Å²) in [5, 5.41) is 15.8. The van der Waals surface area contributed by atoms with E-state index >= 15 is 0 Å². The zero-order chi connectivity index (χ0) is 19.4. The highest BCUT2D eigenvalue weighted by molar-refractivity contribution is 7.91. The van der Waals surface area contributed by atoms with Gasteiger partial charge in [-0.2, -0.15) is 14.7 Å². The van der Waals surface area contributed by atoms with Crippen molar-refractivity contribution in [3.63, 3.8) is 0 Å². The second kappa shape index (κ2) is 8.21. The van der Waals surface area contributed by atoms with E-state index in [1.807, 2.05) is 6.92 Å². The number of nitrogens with one attached hydrogen (secondary N) is 1. The number of aromatic nitrogens is 2. The summed E-state index contributed by atoms with van der Waals surface area (Å²) in [4.78, 5) is 13.0. The highest BCUT2D eigenvalue weighted by Crippen LogP contribution is 2.27. The van der Waals surface area contributed by atoms with Crippen molar-refractivity contribution >= 4 is 33.1 Å². The molecule has 0 saturated carbocycles. The number of aryl methyl sites for hydroxylation is 2. The van der Waals surface area contributed by atoms with Crippen molar-refractivity contribution in [1.29, 1.82) is 5.26 Å². The molecular weight excluding hydrogens is 386 g/mol. The highest BCUT2D eigenvalue weighted by atomic mass is 32.2. The fourth-order valence-electron chi connectivity index (χ4n) is 2.97. The first-order valence-corrected chi connectivity index (χ1v) is 11.0. The number of hydrogen-bond donors (Lipinski definition) is 1. The average Bonchev–Trinajstić information content (AvgIpc) is 3.34. The molecule has 3 rings (SSSR count). The Bertz CT molecular complexity index is 965. The zero-order valence-electron chi connectivity index (χ0n) is 15.0. The van der Waals surface area contributed by atoms with Crippen molar-refractivity contribution < 1.29 is 13.2 Å². The number of nitriles is 1. The molecule has 8 nitrogen and oxygen atoms in total. The van der Waals surface area contributed by atoms with Crippen LogP contribution in [0.25, 0.3) is 0 Å². The lowest BCUT2D eigenvalue weighted by molar-refractivity contribution is -0.115. The maximum atomic E-state index is 12.6. The Morgan fingerprint density at radius 1 is 1.37 bits per heavy atom. The molecule has 0 atom stereocenters. The molecule has 1 aliphatic rings. The normalized spacial score (nSPS) is 15.0. The van der Waals surface area contributed by atoms with Gasteiger partial charge >= 0.3 is 0 Å². The first kappa shape index (κ1) is 19.5. The van der Waals surface area contributed by atoms with Gasteiger partial charge in [-0.15, -0.1) is 11.3 Å². The zero-order valence-corrected chi connectivity index (χ0v) is 16.6. The fourth-order valence-corrected chi connectivity index (χ4v) is 5.99. The quantitative estimate of drug-likeness (QED) is 0.756. The van der Waals surface area contributed by atoms with E-state index in [2.05, 4.69) is 16.5 Å². The van der Waals surface area contributed by atoms with Crippen LogP contribution in [-0.2, 0) is 27.8 Å². The topological polar surface area (TPSA) is 108 Å². The predicted molar refractivity (Wildman–Crippen MR) is 102 cm³/mol. The molecule has 1 saturated heterocycles. The van der Waals surface area contributed by atoms with E-state index in [-0.39, 0.29) is 16.5 Å². The van der Waals surface area contributed by atoms with Crippen molar-refractivity contribution in [2.75, 3.05) is 18.4 Å². The summed E-state index contributed by atoms with van der Waals surface area (Å²) in [7, 11) is -3.45. The van der Waals surface area contributed by atoms with Gasteiger partial charge in [-0.3, -0.25) is 4.79 Å². The van der Waals surface area contributed by atoms with Crippen LogP contribution in [0.4, 0.5) is 5.82 Å². The summed E-state index contributed by atoms with van der Waals surface area (Å²) in [5.41, 5.74) is 0.748. The minimum Gasteiger partial charge on any atom is -0.311 e. The number of hydrogen-bond acceptors (Lipinski definition) is 6. The molecule has 3 heterocycles. The minimum absolute atomic E-state index is 0.0860. The summed E-state index contributed by atoms with van der Waals surface area (Å²) in [5.74, 6) is 0.286. The standard InChI is InChI=1S/C17H21N5O3S2/c1-13-11-15(22(20-13)10-4-7-18)19-16(23)12-14-5-6-17(26-14)27(24,25)21-8-2-3-9-21/h5-6,11H,2-4,8-10,12H2,1H3,(H,19,23). The van der Waals surface area contributed by atoms with Gasteiger partial charge in [0, 0.05) is 24.0 Å². The highest BCUT2D eigenvalue weighted by Gasteiger charge is 2.28. The third kappa shape index (κ3) is 4.55. The number of thiophene rings is 1. The summed E-state index contributed by atoms with van der Waals surface area (Å²) < 4.78 is 28.5. The molecular formula is C17H21N5O3S2. The molecule has 0 aliphatic carbocycles. The Labute approximate surface area is 162 Å². The van der Waals surface area contributed by atoms with Crippen LogP contribution in [0.5, 0.6) is 0 Å². The van der Waals surface area contributed by atoms with Gasteiger partial charge in [0.2, 0.25) is 5.91 Å². The molecule has 0 aromatic carbocycles. The van der Waals surface area contributed by atoms with Crippen molar-refractivity contribution in [2.24, 2.45) is 0 Å². The second-order valence-electron chi connectivity index (χ2n) is 6.36. The summed E-state index contributed by atoms with van der Waals surface area (Å²) in [6.45, 7) is 3.33. The molecule has 144 valence electrons. The summed E-state index contributed by atoms with van der Waals surface area (Å²) in [6, 6.07) is 7.05. The smallest absolute Gasteiger partial charge is 0.252 e. The Morgan fingerprint density at radius 3 is 2.81 bits per heavy atom. The molecule has 0 unspecified atom stereocenters. The Kier molecular flexibility index (Phi) is 5.94. The van der Waals surface area contributed by atoms with Crippen LogP contribution >= 0.6 is 11.3 Å². The van der Waals surface area contributed by atoms with Gasteiger partial charge in [0.05, 0.1) is 31.1 Å². The van der Waals surface area contributed by atoms with E-state index in [0.29, 0.717) is 36.8 Å². The van der Waals surface area contributed by atoms with Crippen LogP contribution in [0.1, 0.15) is 29.8 Å². The predicted octanol–water partition coefficient (Wildman–Crippen LogP) is 2.13. The van der Waals surface area contributed by atoms with Crippen LogP contribution in [0.3, 0.4) is 0 Å². The van der Waals surface area contributed by atoms with E-state index in [4.69, 9.17) is 5.26 Å². The second-order valence-corrected chi connectivity index (χ2v) is 9.69. The van der Waals surface area contributed by atoms with Gasteiger partial charge in [-0.25, -0.2) is 13.1 Å². The Morgan fingerprint density at radius 2 is 2.11 bits per heavy atom. The van der Waals surface area contributed by atoms with E-state index in [9.17, 15) is 13.2 Å². The van der Waals surface area contributed by atoms with Gasteiger partial charge in [-0.1, -0.05) is 0 Å². The Hall–Kier alpha value is -2.22. The molecule has 0 bridgehead atoms. The molecule has 1 amide bonds. The largest absolute Gasteiger partial charge is 0.311 e. The number of sulfonamides is 1. The maximum Gasteiger partial charge on any atom is 0.252 e. The van der Waals surface area contributed by atoms with Crippen molar-refractivity contribution in [2.45, 2.75) is 43.4 Å². The molecule has 10 heteroatoms. The SMILES string of the molecule is Cc1cc(NC(=O)Cc2ccc(S(=O)(=O)N3CCCC3)s2)n(CCC#N)n1. The van der Waals surface area contributed by atoms with Crippen molar-refractivity contribution in [3.05, 3.63) is 28.8 Å². The van der Waals surface area contributed by atoms with E-state index in [1.54, 1.807) is 22.9 Å². The minimum atomic E-state index is -3.45. The number of carbonyl (C=O) groups is 1. The monoisotopic (exact) mass is 407 g/mol. The van der Waals surface area contributed by atoms with E-state index in [1.165, 1.54) is 4.31 Å². The van der Waals surface area contributed by atoms with Gasteiger partial charge < -0.3 is 5.32 Å². The fraction of sp³-hybridized carbons (Fsp3) is 0.471. The molecule has 1 aliphatic heterocycles. The third-order valence-electron chi connectivity index (χ3n) is 4.24. The molecule has 1 fully saturated rings. The van der Waals surface area contributed by atoms with Crippen LogP contribution < -0.4 is 5.32 Å². The molecule has 0 spiro atoms. The lowest BCUT2D eigenvalue weighted by Gasteiger charge is -2.13. The van der Waals surface area contributed by atoms with Gasteiger partial charge in [-0.05, 0) is 31.9 Å². The lowest BCUT2D eigenvalue weighted by Crippen LogP contribution is -2.27. The first-order chi connectivity index (χ1) is 12.9. The molecule has 2 aromatic rings. The van der Waals surface area contributed by atoms with Crippen LogP contribution in [0.2, 0.25) is 0 Å². The summed E-state index contributed by atoms with van der Waals surface area (Å²) >= 11 is 1.13. The molecule has 2 aromatic heterocycles. The van der Waals surface area contributed by atoms with Gasteiger partial charge in [0.25, 0.3) is 10.0 Å². The first-order valence-electron chi connectivity index (χ1n) is 8.70. The van der Waals surface area contributed by atoms with Crippen LogP contribution in [0.15, 0.2) is 22.4 Å². The van der Waals surface area contributed by atoms with Crippen LogP contribution in [0, 0.1) is 18.3 Å². The number of carbonyl (C=O) groups excluding carboxylic acids is 1. The van der Waals surface area contributed by atoms with Gasteiger partial charge in [0.15, 0.2) is 0 Å². The van der Waals surface area contributed by atoms with E-state index in [0.717, 1.165) is 29.9 Å². The summed E-state index contributed by atoms with van der Waals surface area (Å²) in [6.07, 6.45) is 2.16. The van der Waals surface area contributed by atoms with Crippen molar-refractivity contribution in [1.82, 2.24) is 14.1 Å². The maximum absolute atomic E-state index is 12.6. The number of anilines is 1. The lowest BCUT2D eigenvalue weighted by atomic mass is 10.3. The number of rotatable bonds is 7. The van der Waals surface area contributed by atoms with Crippen molar-refractivity contribution in [3.8, 4) is 6.07 Å². The third-order valence-corrected chi connectivity index (χ3v) is 7.69. The number of amides is 1. The van der Waals surface area contributed by atoms with E-state index < -0.39 is 10.0 Å².